The third-order valence-corrected chi connectivity index (χ3v) is 5.35. The minimum atomic E-state index is -0.637. The van der Waals surface area contributed by atoms with Crippen molar-refractivity contribution in [3.8, 4) is 5.88 Å². The van der Waals surface area contributed by atoms with Gasteiger partial charge in [-0.25, -0.2) is 0 Å². The molecule has 0 unspecified atom stereocenters. The Kier molecular flexibility index (Phi) is 4.95. The lowest BCUT2D eigenvalue weighted by Crippen LogP contribution is -2.34. The van der Waals surface area contributed by atoms with Gasteiger partial charge in [0.25, 0.3) is 11.5 Å². The van der Waals surface area contributed by atoms with Crippen LogP contribution in [0.5, 0.6) is 5.88 Å². The van der Waals surface area contributed by atoms with Gasteiger partial charge in [-0.3, -0.25) is 14.2 Å². The van der Waals surface area contributed by atoms with E-state index in [9.17, 15) is 14.7 Å². The number of hydrogen-bond donors (Lipinski definition) is 2. The lowest BCUT2D eigenvalue weighted by atomic mass is 10.2. The summed E-state index contributed by atoms with van der Waals surface area (Å²) < 4.78 is 2.75. The summed E-state index contributed by atoms with van der Waals surface area (Å²) in [4.78, 5) is 25.5. The van der Waals surface area contributed by atoms with Crippen LogP contribution >= 0.6 is 11.3 Å². The van der Waals surface area contributed by atoms with Crippen molar-refractivity contribution < 1.29 is 9.90 Å². The van der Waals surface area contributed by atoms with Crippen molar-refractivity contribution in [2.75, 3.05) is 0 Å². The molecule has 0 aromatic carbocycles. The van der Waals surface area contributed by atoms with Gasteiger partial charge in [0.15, 0.2) is 5.56 Å². The third kappa shape index (κ3) is 3.80. The van der Waals surface area contributed by atoms with E-state index in [1.807, 2.05) is 20.8 Å². The maximum absolute atomic E-state index is 12.9. The molecule has 29 heavy (non-hydrogen) atoms. The van der Waals surface area contributed by atoms with Crippen LogP contribution in [-0.4, -0.2) is 41.4 Å². The van der Waals surface area contributed by atoms with E-state index in [0.29, 0.717) is 17.8 Å². The molecule has 2 N–H and O–H groups in total. The number of nitrogens with one attached hydrogen (secondary N) is 1. The molecule has 1 fully saturated rings. The highest BCUT2D eigenvalue weighted by Gasteiger charge is 2.29. The largest absolute Gasteiger partial charge is 0.494 e. The van der Waals surface area contributed by atoms with E-state index < -0.39 is 11.5 Å². The second kappa shape index (κ2) is 7.43. The summed E-state index contributed by atoms with van der Waals surface area (Å²) >= 11 is 1.45. The maximum atomic E-state index is 12.9. The highest BCUT2D eigenvalue weighted by Crippen LogP contribution is 2.25. The Morgan fingerprint density at radius 1 is 1.38 bits per heavy atom. The Balaban J connectivity index is 1.86. The van der Waals surface area contributed by atoms with Crippen LogP contribution in [0, 0.1) is 12.8 Å². The molecule has 4 rings (SSSR count). The Morgan fingerprint density at radius 3 is 2.76 bits per heavy atom. The van der Waals surface area contributed by atoms with Crippen molar-refractivity contribution in [3.63, 3.8) is 0 Å². The summed E-state index contributed by atoms with van der Waals surface area (Å²) in [6, 6.07) is 0.0713. The summed E-state index contributed by atoms with van der Waals surface area (Å²) in [6.07, 6.45) is 6.88. The fourth-order valence-electron chi connectivity index (χ4n) is 3.09. The normalized spacial score (nSPS) is 14.3. The topological polar surface area (TPSA) is 114 Å². The van der Waals surface area contributed by atoms with Crippen molar-refractivity contribution in [2.24, 2.45) is 5.92 Å². The summed E-state index contributed by atoms with van der Waals surface area (Å²) in [5, 5.41) is 27.4. The monoisotopic (exact) mass is 414 g/mol. The second-order valence-electron chi connectivity index (χ2n) is 7.58. The van der Waals surface area contributed by atoms with Gasteiger partial charge in [-0.05, 0) is 37.8 Å². The number of amides is 1. The Morgan fingerprint density at radius 2 is 2.14 bits per heavy atom. The average Bonchev–Trinajstić information content (AvgIpc) is 3.20. The average molecular weight is 414 g/mol. The minimum absolute atomic E-state index is 0.0713. The molecule has 0 atom stereocenters. The van der Waals surface area contributed by atoms with Crippen LogP contribution in [0.15, 0.2) is 11.0 Å². The lowest BCUT2D eigenvalue weighted by Gasteiger charge is -2.17. The molecule has 3 heterocycles. The molecule has 0 saturated heterocycles. The summed E-state index contributed by atoms with van der Waals surface area (Å²) in [5.41, 5.74) is 0.159. The van der Waals surface area contributed by atoms with Crippen molar-refractivity contribution in [3.05, 3.63) is 37.7 Å². The van der Waals surface area contributed by atoms with Gasteiger partial charge >= 0.3 is 0 Å². The molecule has 152 valence electrons. The van der Waals surface area contributed by atoms with Gasteiger partial charge in [-0.1, -0.05) is 25.2 Å². The van der Waals surface area contributed by atoms with Gasteiger partial charge in [-0.15, -0.1) is 10.2 Å². The number of carbonyl (C=O) groups excluding carboxylic acids is 1. The molecule has 1 saturated carbocycles. The molecule has 9 nitrogen and oxygen atoms in total. The van der Waals surface area contributed by atoms with Crippen LogP contribution in [-0.2, 0) is 6.54 Å². The molecule has 0 aliphatic heterocycles. The molecular weight excluding hydrogens is 392 g/mol. The first-order valence-corrected chi connectivity index (χ1v) is 10.3. The van der Waals surface area contributed by atoms with Crippen molar-refractivity contribution in [2.45, 2.75) is 46.2 Å². The van der Waals surface area contributed by atoms with Gasteiger partial charge < -0.3 is 10.4 Å². The predicted molar refractivity (Wildman–Crippen MR) is 110 cm³/mol. The van der Waals surface area contributed by atoms with E-state index in [0.717, 1.165) is 22.9 Å². The van der Waals surface area contributed by atoms with E-state index in [-0.39, 0.29) is 23.4 Å². The quantitative estimate of drug-likeness (QED) is 0.638. The van der Waals surface area contributed by atoms with Crippen LogP contribution in [0.25, 0.3) is 17.8 Å². The number of aryl methyl sites for hydroxylation is 1. The Bertz CT molecular complexity index is 1170. The van der Waals surface area contributed by atoms with E-state index in [4.69, 9.17) is 0 Å². The van der Waals surface area contributed by atoms with Crippen molar-refractivity contribution in [1.82, 2.24) is 29.7 Å². The van der Waals surface area contributed by atoms with Crippen LogP contribution in [0.3, 0.4) is 0 Å². The minimum Gasteiger partial charge on any atom is -0.494 e. The molecule has 3 aromatic heterocycles. The molecule has 0 radical (unpaired) electrons. The SMILES string of the molecule is Cc1nnc(/C=C/c2cnn3c(=O)c(C(=O)NC4CC4)c(O)n(CC(C)C)c23)s1. The van der Waals surface area contributed by atoms with Gasteiger partial charge in [0.05, 0.1) is 6.20 Å². The molecule has 3 aromatic rings. The summed E-state index contributed by atoms with van der Waals surface area (Å²) in [6.45, 7) is 6.28. The number of nitrogens with zero attached hydrogens (tertiary/aromatic N) is 5. The zero-order valence-corrected chi connectivity index (χ0v) is 17.2. The fraction of sp³-hybridized carbons (Fsp3) is 0.421. The zero-order chi connectivity index (χ0) is 20.7. The molecule has 1 amide bonds. The molecule has 0 spiro atoms. The van der Waals surface area contributed by atoms with Gasteiger partial charge in [0, 0.05) is 18.2 Å². The first kappa shape index (κ1) is 19.3. The molecule has 10 heteroatoms. The zero-order valence-electron chi connectivity index (χ0n) is 16.4. The number of hydrogen-bond acceptors (Lipinski definition) is 7. The van der Waals surface area contributed by atoms with E-state index >= 15 is 0 Å². The van der Waals surface area contributed by atoms with E-state index in [2.05, 4.69) is 20.6 Å². The number of carbonyl (C=O) groups is 1. The molecular formula is C19H22N6O3S. The number of fused-ring (bicyclic) bond motifs is 1. The molecule has 1 aliphatic carbocycles. The first-order chi connectivity index (χ1) is 13.8. The van der Waals surface area contributed by atoms with E-state index in [1.54, 1.807) is 22.9 Å². The number of aromatic nitrogens is 5. The van der Waals surface area contributed by atoms with Crippen LogP contribution < -0.4 is 10.9 Å². The third-order valence-electron chi connectivity index (χ3n) is 4.55. The van der Waals surface area contributed by atoms with E-state index in [1.165, 1.54) is 15.9 Å². The first-order valence-electron chi connectivity index (χ1n) is 9.47. The Hall–Kier alpha value is -3.01. The Labute approximate surface area is 170 Å². The number of rotatable bonds is 6. The second-order valence-corrected chi connectivity index (χ2v) is 8.80. The highest BCUT2D eigenvalue weighted by molar-refractivity contribution is 7.12. The number of aromatic hydroxyl groups is 1. The van der Waals surface area contributed by atoms with Crippen LogP contribution in [0.1, 0.15) is 52.6 Å². The van der Waals surface area contributed by atoms with Gasteiger partial charge in [-0.2, -0.15) is 9.61 Å². The predicted octanol–water partition coefficient (Wildman–Crippen LogP) is 2.08. The fourth-order valence-corrected chi connectivity index (χ4v) is 3.69. The standard InChI is InChI=1S/C19H22N6O3S/c1-10(2)9-24-17-12(4-7-14-23-22-11(3)29-14)8-20-25(17)19(28)15(18(24)27)16(26)21-13-5-6-13/h4,7-8,10,13,27H,5-6,9H2,1-3H3,(H,21,26)/b7-4+. The summed E-state index contributed by atoms with van der Waals surface area (Å²) in [7, 11) is 0. The summed E-state index contributed by atoms with van der Waals surface area (Å²) in [5.74, 6) is -0.730. The van der Waals surface area contributed by atoms with Crippen LogP contribution in [0.2, 0.25) is 0 Å². The maximum Gasteiger partial charge on any atom is 0.291 e. The van der Waals surface area contributed by atoms with Crippen LogP contribution in [0.4, 0.5) is 0 Å². The van der Waals surface area contributed by atoms with Gasteiger partial charge in [0.2, 0.25) is 5.88 Å². The van der Waals surface area contributed by atoms with Crippen molar-refractivity contribution in [1.29, 1.82) is 0 Å². The van der Waals surface area contributed by atoms with Crippen molar-refractivity contribution >= 4 is 35.0 Å². The highest BCUT2D eigenvalue weighted by atomic mass is 32.1. The molecule has 0 bridgehead atoms. The molecule has 1 aliphatic rings. The van der Waals surface area contributed by atoms with Gasteiger partial charge in [0.1, 0.15) is 15.7 Å². The lowest BCUT2D eigenvalue weighted by molar-refractivity contribution is 0.0944. The smallest absolute Gasteiger partial charge is 0.291 e.